The van der Waals surface area contributed by atoms with Gasteiger partial charge in [0.15, 0.2) is 0 Å². The molecule has 0 aromatic heterocycles. The summed E-state index contributed by atoms with van der Waals surface area (Å²) in [5.74, 6) is 1.20. The number of nitrogens with zero attached hydrogens (tertiary/aromatic N) is 1. The van der Waals surface area contributed by atoms with E-state index >= 15 is 0 Å². The number of benzene rings is 4. The average molecular weight is 439 g/mol. The first-order valence-electron chi connectivity index (χ1n) is 11.0. The van der Waals surface area contributed by atoms with Gasteiger partial charge in [0.05, 0.1) is 12.8 Å². The predicted molar refractivity (Wildman–Crippen MR) is 132 cm³/mol. The number of ether oxygens (including phenoxy) is 2. The number of nitrogens with one attached hydrogen (secondary N) is 1. The van der Waals surface area contributed by atoms with E-state index in [1.165, 1.54) is 10.8 Å². The molecule has 5 nitrogen and oxygen atoms in total. The number of carbonyl (C=O) groups is 1. The van der Waals surface area contributed by atoms with Gasteiger partial charge in [-0.05, 0) is 64.7 Å². The van der Waals surface area contributed by atoms with Gasteiger partial charge in [0.25, 0.3) is 5.91 Å². The molecule has 0 bridgehead atoms. The maximum absolute atomic E-state index is 12.3. The normalized spacial score (nSPS) is 10.9. The van der Waals surface area contributed by atoms with Crippen molar-refractivity contribution >= 4 is 22.9 Å². The summed E-state index contributed by atoms with van der Waals surface area (Å²) in [5.41, 5.74) is 5.03. The highest BCUT2D eigenvalue weighted by Crippen LogP contribution is 2.21. The minimum absolute atomic E-state index is 0.281. The van der Waals surface area contributed by atoms with Gasteiger partial charge in [0.2, 0.25) is 0 Å². The number of amides is 1. The van der Waals surface area contributed by atoms with Gasteiger partial charge in [-0.15, -0.1) is 0 Å². The Labute approximate surface area is 193 Å². The van der Waals surface area contributed by atoms with E-state index in [2.05, 4.69) is 34.8 Å². The van der Waals surface area contributed by atoms with Crippen molar-refractivity contribution in [3.63, 3.8) is 0 Å². The van der Waals surface area contributed by atoms with Crippen LogP contribution < -0.4 is 14.9 Å². The van der Waals surface area contributed by atoms with Crippen molar-refractivity contribution in [3.05, 3.63) is 108 Å². The van der Waals surface area contributed by atoms with Gasteiger partial charge in [-0.2, -0.15) is 5.10 Å². The van der Waals surface area contributed by atoms with Crippen LogP contribution in [-0.2, 0) is 6.61 Å². The van der Waals surface area contributed by atoms with Gasteiger partial charge in [0.1, 0.15) is 18.1 Å². The molecule has 0 fully saturated rings. The summed E-state index contributed by atoms with van der Waals surface area (Å²) in [4.78, 5) is 12.3. The molecule has 0 heterocycles. The fourth-order valence-electron chi connectivity index (χ4n) is 3.42. The highest BCUT2D eigenvalue weighted by Gasteiger charge is 2.05. The summed E-state index contributed by atoms with van der Waals surface area (Å²) in [5, 5.41) is 6.46. The Morgan fingerprint density at radius 2 is 1.67 bits per heavy atom. The number of hydrogen-bond donors (Lipinski definition) is 1. The molecule has 1 amide bonds. The first kappa shape index (κ1) is 22.1. The Balaban J connectivity index is 1.34. The van der Waals surface area contributed by atoms with Gasteiger partial charge in [-0.25, -0.2) is 5.43 Å². The minimum Gasteiger partial charge on any atom is -0.494 e. The van der Waals surface area contributed by atoms with Crippen LogP contribution in [-0.4, -0.2) is 18.7 Å². The van der Waals surface area contributed by atoms with Crippen molar-refractivity contribution < 1.29 is 14.3 Å². The van der Waals surface area contributed by atoms with Crippen LogP contribution in [0, 0.1) is 0 Å². The van der Waals surface area contributed by atoms with Gasteiger partial charge >= 0.3 is 0 Å². The Hall–Kier alpha value is -4.12. The summed E-state index contributed by atoms with van der Waals surface area (Å²) in [6.45, 7) is 3.17. The molecular weight excluding hydrogens is 412 g/mol. The lowest BCUT2D eigenvalue weighted by Crippen LogP contribution is -2.17. The van der Waals surface area contributed by atoms with E-state index in [9.17, 15) is 4.79 Å². The molecule has 0 unspecified atom stereocenters. The van der Waals surface area contributed by atoms with E-state index < -0.39 is 0 Å². The second kappa shape index (κ2) is 11.0. The zero-order chi connectivity index (χ0) is 22.9. The topological polar surface area (TPSA) is 59.9 Å². The molecular formula is C28H26N2O3. The van der Waals surface area contributed by atoms with Crippen LogP contribution in [0.25, 0.3) is 10.8 Å². The van der Waals surface area contributed by atoms with E-state index in [1.54, 1.807) is 30.5 Å². The third-order valence-corrected chi connectivity index (χ3v) is 5.10. The average Bonchev–Trinajstić information content (AvgIpc) is 2.86. The van der Waals surface area contributed by atoms with Gasteiger partial charge in [0, 0.05) is 5.56 Å². The van der Waals surface area contributed by atoms with Crippen molar-refractivity contribution in [2.24, 2.45) is 5.10 Å². The molecule has 0 saturated heterocycles. The van der Waals surface area contributed by atoms with E-state index in [4.69, 9.17) is 9.47 Å². The summed E-state index contributed by atoms with van der Waals surface area (Å²) in [6.07, 6.45) is 2.54. The summed E-state index contributed by atoms with van der Waals surface area (Å²) in [7, 11) is 0. The van der Waals surface area contributed by atoms with E-state index in [0.29, 0.717) is 18.8 Å². The zero-order valence-electron chi connectivity index (χ0n) is 18.5. The third kappa shape index (κ3) is 5.98. The lowest BCUT2D eigenvalue weighted by Gasteiger charge is -2.09. The van der Waals surface area contributed by atoms with Crippen molar-refractivity contribution in [2.75, 3.05) is 6.61 Å². The molecule has 0 saturated carbocycles. The number of hydrogen-bond acceptors (Lipinski definition) is 4. The second-order valence-corrected chi connectivity index (χ2v) is 7.57. The van der Waals surface area contributed by atoms with Crippen LogP contribution >= 0.6 is 0 Å². The van der Waals surface area contributed by atoms with Crippen LogP contribution in [0.2, 0.25) is 0 Å². The van der Waals surface area contributed by atoms with Crippen molar-refractivity contribution in [1.29, 1.82) is 0 Å². The second-order valence-electron chi connectivity index (χ2n) is 7.57. The number of rotatable bonds is 9. The van der Waals surface area contributed by atoms with Crippen LogP contribution in [0.1, 0.15) is 34.8 Å². The maximum Gasteiger partial charge on any atom is 0.271 e. The van der Waals surface area contributed by atoms with Crippen molar-refractivity contribution in [3.8, 4) is 11.5 Å². The van der Waals surface area contributed by atoms with Gasteiger partial charge in [-0.1, -0.05) is 61.5 Å². The molecule has 0 aliphatic rings. The van der Waals surface area contributed by atoms with Gasteiger partial charge < -0.3 is 9.47 Å². The van der Waals surface area contributed by atoms with Gasteiger partial charge in [-0.3, -0.25) is 4.79 Å². The summed E-state index contributed by atoms with van der Waals surface area (Å²) in [6, 6.07) is 29.1. The number of carbonyl (C=O) groups excluding carboxylic acids is 1. The lowest BCUT2D eigenvalue weighted by atomic mass is 10.1. The Morgan fingerprint density at radius 3 is 2.52 bits per heavy atom. The zero-order valence-corrected chi connectivity index (χ0v) is 18.5. The third-order valence-electron chi connectivity index (χ3n) is 5.10. The lowest BCUT2D eigenvalue weighted by molar-refractivity contribution is 0.0955. The molecule has 0 atom stereocenters. The van der Waals surface area contributed by atoms with Crippen LogP contribution in [0.15, 0.2) is 96.1 Å². The SMILES string of the molecule is CCCOc1ccc(C(=O)N/N=C\c2cccc(OCc3cccc4ccccc34)c2)cc1. The maximum atomic E-state index is 12.3. The Bertz CT molecular complexity index is 1240. The molecule has 4 aromatic carbocycles. The molecule has 0 radical (unpaired) electrons. The Kier molecular flexibility index (Phi) is 7.33. The van der Waals surface area contributed by atoms with Crippen molar-refractivity contribution in [2.45, 2.75) is 20.0 Å². The minimum atomic E-state index is -0.281. The quantitative estimate of drug-likeness (QED) is 0.259. The highest BCUT2D eigenvalue weighted by molar-refractivity contribution is 5.95. The first-order chi connectivity index (χ1) is 16.2. The molecule has 4 aromatic rings. The molecule has 5 heteroatoms. The summed E-state index contributed by atoms with van der Waals surface area (Å²) >= 11 is 0. The smallest absolute Gasteiger partial charge is 0.271 e. The van der Waals surface area contributed by atoms with E-state index in [1.807, 2.05) is 49.4 Å². The fraction of sp³-hybridized carbons (Fsp3) is 0.143. The molecule has 166 valence electrons. The molecule has 0 aliphatic carbocycles. The fourth-order valence-corrected chi connectivity index (χ4v) is 3.42. The monoisotopic (exact) mass is 438 g/mol. The Morgan fingerprint density at radius 1 is 0.879 bits per heavy atom. The van der Waals surface area contributed by atoms with Crippen LogP contribution in [0.3, 0.4) is 0 Å². The number of fused-ring (bicyclic) bond motifs is 1. The van der Waals surface area contributed by atoms with Crippen LogP contribution in [0.5, 0.6) is 11.5 Å². The molecule has 0 aliphatic heterocycles. The standard InChI is InChI=1S/C28H26N2O3/c1-2-17-32-25-15-13-23(14-16-25)28(31)30-29-19-21-7-5-11-26(18-21)33-20-24-10-6-9-22-8-3-4-12-27(22)24/h3-16,18-19H,2,17,20H2,1H3,(H,30,31)/b29-19-. The molecule has 4 rings (SSSR count). The number of hydrazone groups is 1. The summed E-state index contributed by atoms with van der Waals surface area (Å²) < 4.78 is 11.6. The first-order valence-corrected chi connectivity index (χ1v) is 11.0. The molecule has 0 spiro atoms. The highest BCUT2D eigenvalue weighted by atomic mass is 16.5. The largest absolute Gasteiger partial charge is 0.494 e. The predicted octanol–water partition coefficient (Wildman–Crippen LogP) is 5.97. The van der Waals surface area contributed by atoms with Crippen molar-refractivity contribution in [1.82, 2.24) is 5.43 Å². The molecule has 1 N–H and O–H groups in total. The molecule has 33 heavy (non-hydrogen) atoms. The van der Waals surface area contributed by atoms with Crippen LogP contribution in [0.4, 0.5) is 0 Å². The van der Waals surface area contributed by atoms with E-state index in [0.717, 1.165) is 29.0 Å². The van der Waals surface area contributed by atoms with E-state index in [-0.39, 0.29) is 5.91 Å².